The fourth-order valence-electron chi connectivity index (χ4n) is 2.10. The summed E-state index contributed by atoms with van der Waals surface area (Å²) in [4.78, 5) is 4.70. The number of aromatic nitrogens is 1. The summed E-state index contributed by atoms with van der Waals surface area (Å²) in [7, 11) is 0. The molecule has 0 aliphatic heterocycles. The zero-order valence-electron chi connectivity index (χ0n) is 12.8. The van der Waals surface area contributed by atoms with Crippen molar-refractivity contribution in [3.05, 3.63) is 40.2 Å². The van der Waals surface area contributed by atoms with Crippen molar-refractivity contribution in [2.45, 2.75) is 46.7 Å². The third kappa shape index (κ3) is 4.43. The average Bonchev–Trinajstić information content (AvgIpc) is 2.85. The first-order valence-corrected chi connectivity index (χ1v) is 8.19. The molecule has 2 nitrogen and oxygen atoms in total. The molecule has 0 amide bonds. The first-order valence-electron chi connectivity index (χ1n) is 7.31. The van der Waals surface area contributed by atoms with Crippen LogP contribution in [0, 0.1) is 5.92 Å². The second-order valence-electron chi connectivity index (χ2n) is 5.96. The number of thiazole rings is 1. The van der Waals surface area contributed by atoms with Gasteiger partial charge in [0.05, 0.1) is 5.69 Å². The van der Waals surface area contributed by atoms with Gasteiger partial charge in [0, 0.05) is 23.5 Å². The molecule has 0 bridgehead atoms. The van der Waals surface area contributed by atoms with Crippen LogP contribution >= 0.6 is 11.3 Å². The van der Waals surface area contributed by atoms with Crippen molar-refractivity contribution in [1.82, 2.24) is 10.3 Å². The van der Waals surface area contributed by atoms with Gasteiger partial charge in [0.2, 0.25) is 0 Å². The van der Waals surface area contributed by atoms with Crippen molar-refractivity contribution < 1.29 is 0 Å². The predicted molar refractivity (Wildman–Crippen MR) is 88.1 cm³/mol. The highest BCUT2D eigenvalue weighted by Gasteiger charge is 2.05. The first-order chi connectivity index (χ1) is 9.54. The van der Waals surface area contributed by atoms with Crippen LogP contribution in [0.5, 0.6) is 0 Å². The van der Waals surface area contributed by atoms with Crippen molar-refractivity contribution in [3.63, 3.8) is 0 Å². The quantitative estimate of drug-likeness (QED) is 0.846. The van der Waals surface area contributed by atoms with E-state index < -0.39 is 0 Å². The Hall–Kier alpha value is -1.19. The van der Waals surface area contributed by atoms with Gasteiger partial charge in [0.25, 0.3) is 0 Å². The highest BCUT2D eigenvalue weighted by molar-refractivity contribution is 7.09. The topological polar surface area (TPSA) is 24.9 Å². The molecule has 0 saturated carbocycles. The monoisotopic (exact) mass is 288 g/mol. The molecule has 20 heavy (non-hydrogen) atoms. The number of benzene rings is 1. The van der Waals surface area contributed by atoms with E-state index in [2.05, 4.69) is 62.7 Å². The second kappa shape index (κ2) is 7.00. The van der Waals surface area contributed by atoms with Crippen molar-refractivity contribution >= 4 is 11.3 Å². The largest absolute Gasteiger partial charge is 0.308 e. The van der Waals surface area contributed by atoms with Gasteiger partial charge in [-0.15, -0.1) is 11.3 Å². The van der Waals surface area contributed by atoms with Crippen LogP contribution in [0.15, 0.2) is 29.6 Å². The fraction of sp³-hybridized carbons (Fsp3) is 0.471. The smallest absolute Gasteiger partial charge is 0.107 e. The van der Waals surface area contributed by atoms with E-state index in [0.717, 1.165) is 23.7 Å². The molecule has 0 unspecified atom stereocenters. The van der Waals surface area contributed by atoms with Crippen LogP contribution in [-0.2, 0) is 13.0 Å². The number of rotatable bonds is 6. The normalized spacial score (nSPS) is 11.5. The number of hydrogen-bond acceptors (Lipinski definition) is 3. The summed E-state index contributed by atoms with van der Waals surface area (Å²) in [5, 5.41) is 6.71. The van der Waals surface area contributed by atoms with Gasteiger partial charge in [0.1, 0.15) is 5.01 Å². The molecule has 1 aromatic carbocycles. The molecule has 0 atom stereocenters. The molecule has 0 aliphatic carbocycles. The molecule has 108 valence electrons. The van der Waals surface area contributed by atoms with Gasteiger partial charge in [0.15, 0.2) is 0 Å². The van der Waals surface area contributed by atoms with Crippen LogP contribution in [0.1, 0.15) is 38.3 Å². The maximum Gasteiger partial charge on any atom is 0.107 e. The van der Waals surface area contributed by atoms with E-state index in [1.165, 1.54) is 11.1 Å². The Balaban J connectivity index is 2.04. The van der Waals surface area contributed by atoms with Crippen LogP contribution in [0.2, 0.25) is 0 Å². The standard InChI is InChI=1S/C17H24N2S/c1-12(2)9-14-5-7-15(8-6-14)16-11-20-17(19-16)10-18-13(3)4/h5-8,11-13,18H,9-10H2,1-4H3. The van der Waals surface area contributed by atoms with Gasteiger partial charge in [-0.05, 0) is 17.9 Å². The van der Waals surface area contributed by atoms with E-state index >= 15 is 0 Å². The minimum Gasteiger partial charge on any atom is -0.308 e. The second-order valence-corrected chi connectivity index (χ2v) is 6.90. The molecule has 0 aliphatic rings. The molecule has 3 heteroatoms. The van der Waals surface area contributed by atoms with Gasteiger partial charge in [-0.25, -0.2) is 4.98 Å². The molecule has 0 fully saturated rings. The Bertz CT molecular complexity index is 526. The lowest BCUT2D eigenvalue weighted by Crippen LogP contribution is -2.21. The fourth-order valence-corrected chi connectivity index (χ4v) is 2.85. The lowest BCUT2D eigenvalue weighted by molar-refractivity contribution is 0.587. The molecule has 0 spiro atoms. The highest BCUT2D eigenvalue weighted by atomic mass is 32.1. The van der Waals surface area contributed by atoms with Gasteiger partial charge < -0.3 is 5.32 Å². The zero-order chi connectivity index (χ0) is 14.5. The van der Waals surface area contributed by atoms with Crippen molar-refractivity contribution in [1.29, 1.82) is 0 Å². The molecule has 2 aromatic rings. The van der Waals surface area contributed by atoms with Gasteiger partial charge in [-0.2, -0.15) is 0 Å². The highest BCUT2D eigenvalue weighted by Crippen LogP contribution is 2.23. The summed E-state index contributed by atoms with van der Waals surface area (Å²) in [6.45, 7) is 9.67. The summed E-state index contributed by atoms with van der Waals surface area (Å²) >= 11 is 1.73. The Labute approximate surface area is 126 Å². The van der Waals surface area contributed by atoms with Crippen molar-refractivity contribution in [2.75, 3.05) is 0 Å². The molecule has 2 rings (SSSR count). The molecular weight excluding hydrogens is 264 g/mol. The van der Waals surface area contributed by atoms with E-state index in [0.29, 0.717) is 12.0 Å². The SMILES string of the molecule is CC(C)Cc1ccc(-c2csc(CNC(C)C)n2)cc1. The maximum absolute atomic E-state index is 4.70. The summed E-state index contributed by atoms with van der Waals surface area (Å²) in [5.74, 6) is 0.703. The number of nitrogens with one attached hydrogen (secondary N) is 1. The average molecular weight is 288 g/mol. The van der Waals surface area contributed by atoms with E-state index in [1.54, 1.807) is 11.3 Å². The molecular formula is C17H24N2S. The lowest BCUT2D eigenvalue weighted by atomic mass is 10.0. The summed E-state index contributed by atoms with van der Waals surface area (Å²) in [6, 6.07) is 9.32. The van der Waals surface area contributed by atoms with E-state index in [9.17, 15) is 0 Å². The third-order valence-electron chi connectivity index (χ3n) is 3.11. The summed E-state index contributed by atoms with van der Waals surface area (Å²) in [6.07, 6.45) is 1.14. The van der Waals surface area contributed by atoms with E-state index in [-0.39, 0.29) is 0 Å². The molecule has 0 saturated heterocycles. The van der Waals surface area contributed by atoms with Crippen LogP contribution in [-0.4, -0.2) is 11.0 Å². The minimum atomic E-state index is 0.498. The third-order valence-corrected chi connectivity index (χ3v) is 3.96. The van der Waals surface area contributed by atoms with E-state index in [1.807, 2.05) is 0 Å². The van der Waals surface area contributed by atoms with Gasteiger partial charge in [-0.1, -0.05) is 52.0 Å². The van der Waals surface area contributed by atoms with Crippen molar-refractivity contribution in [2.24, 2.45) is 5.92 Å². The van der Waals surface area contributed by atoms with Crippen molar-refractivity contribution in [3.8, 4) is 11.3 Å². The van der Waals surface area contributed by atoms with Crippen LogP contribution < -0.4 is 5.32 Å². The Kier molecular flexibility index (Phi) is 5.32. The Morgan fingerprint density at radius 2 is 1.80 bits per heavy atom. The Morgan fingerprint density at radius 3 is 2.40 bits per heavy atom. The molecule has 0 radical (unpaired) electrons. The Morgan fingerprint density at radius 1 is 1.10 bits per heavy atom. The van der Waals surface area contributed by atoms with Gasteiger partial charge >= 0.3 is 0 Å². The van der Waals surface area contributed by atoms with Crippen LogP contribution in [0.25, 0.3) is 11.3 Å². The number of nitrogens with zero attached hydrogens (tertiary/aromatic N) is 1. The van der Waals surface area contributed by atoms with Crippen LogP contribution in [0.3, 0.4) is 0 Å². The predicted octanol–water partition coefficient (Wildman–Crippen LogP) is 4.51. The van der Waals surface area contributed by atoms with E-state index in [4.69, 9.17) is 4.98 Å². The summed E-state index contributed by atoms with van der Waals surface area (Å²) < 4.78 is 0. The minimum absolute atomic E-state index is 0.498. The zero-order valence-corrected chi connectivity index (χ0v) is 13.6. The summed E-state index contributed by atoms with van der Waals surface area (Å²) in [5.41, 5.74) is 3.71. The number of hydrogen-bond donors (Lipinski definition) is 1. The first kappa shape index (κ1) is 15.2. The molecule has 1 N–H and O–H groups in total. The molecule has 1 aromatic heterocycles. The van der Waals surface area contributed by atoms with Crippen LogP contribution in [0.4, 0.5) is 0 Å². The van der Waals surface area contributed by atoms with Gasteiger partial charge in [-0.3, -0.25) is 0 Å². The lowest BCUT2D eigenvalue weighted by Gasteiger charge is -2.06. The molecule has 1 heterocycles. The maximum atomic E-state index is 4.70.